The summed E-state index contributed by atoms with van der Waals surface area (Å²) in [6.07, 6.45) is 1.58. The summed E-state index contributed by atoms with van der Waals surface area (Å²) in [6.45, 7) is 5.39. The average molecular weight is 371 g/mol. The van der Waals surface area contributed by atoms with Gasteiger partial charge in [-0.05, 0) is 39.0 Å². The van der Waals surface area contributed by atoms with Gasteiger partial charge in [0.15, 0.2) is 10.8 Å². The zero-order chi connectivity index (χ0) is 18.5. The Morgan fingerprint density at radius 3 is 2.81 bits per heavy atom. The molecule has 4 rings (SSSR count). The summed E-state index contributed by atoms with van der Waals surface area (Å²) in [6, 6.07) is 4.95. The Hall–Kier alpha value is -2.87. The van der Waals surface area contributed by atoms with Gasteiger partial charge in [-0.25, -0.2) is 9.78 Å². The molecule has 1 N–H and O–H groups in total. The van der Waals surface area contributed by atoms with E-state index in [-0.39, 0.29) is 12.5 Å². The molecule has 1 saturated heterocycles. The van der Waals surface area contributed by atoms with Gasteiger partial charge in [0.2, 0.25) is 0 Å². The molecular weight excluding hydrogens is 354 g/mol. The van der Waals surface area contributed by atoms with E-state index in [1.807, 2.05) is 18.4 Å². The lowest BCUT2D eigenvalue weighted by Crippen LogP contribution is -2.41. The first-order chi connectivity index (χ1) is 12.4. The third-order valence-electron chi connectivity index (χ3n) is 4.46. The lowest BCUT2D eigenvalue weighted by atomic mass is 9.92. The second kappa shape index (κ2) is 5.84. The molecule has 0 aliphatic carbocycles. The van der Waals surface area contributed by atoms with Crippen molar-refractivity contribution in [2.24, 2.45) is 0 Å². The molecule has 134 valence electrons. The summed E-state index contributed by atoms with van der Waals surface area (Å²) in [4.78, 5) is 31.1. The number of carbonyl (C=O) groups excluding carboxylic acids is 2. The molecule has 0 radical (unpaired) electrons. The van der Waals surface area contributed by atoms with Gasteiger partial charge >= 0.3 is 6.03 Å². The maximum atomic E-state index is 13.0. The van der Waals surface area contributed by atoms with Crippen LogP contribution in [0.4, 0.5) is 4.79 Å². The minimum Gasteiger partial charge on any atom is -0.466 e. The Bertz CT molecular complexity index is 988. The van der Waals surface area contributed by atoms with Crippen LogP contribution < -0.4 is 5.32 Å². The Morgan fingerprint density at radius 2 is 2.15 bits per heavy atom. The van der Waals surface area contributed by atoms with E-state index in [0.717, 1.165) is 0 Å². The first-order valence-corrected chi connectivity index (χ1v) is 8.96. The number of carbonyl (C=O) groups is 2. The third-order valence-corrected chi connectivity index (χ3v) is 5.36. The minimum atomic E-state index is -1.14. The number of imide groups is 1. The van der Waals surface area contributed by atoms with Crippen LogP contribution in [0.1, 0.15) is 29.7 Å². The SMILES string of the molecule is Cc1cc(C2(C)NC(=O)N(Cc3csc(-c4ccco4)n3)C2=O)c(C)o1. The van der Waals surface area contributed by atoms with Gasteiger partial charge in [0.05, 0.1) is 18.5 Å². The number of furan rings is 2. The molecular formula is C18H17N3O4S. The summed E-state index contributed by atoms with van der Waals surface area (Å²) >= 11 is 1.41. The number of amides is 3. The topological polar surface area (TPSA) is 88.6 Å². The van der Waals surface area contributed by atoms with Gasteiger partial charge in [0.1, 0.15) is 17.1 Å². The summed E-state index contributed by atoms with van der Waals surface area (Å²) in [5.41, 5.74) is 0.165. The van der Waals surface area contributed by atoms with Gasteiger partial charge < -0.3 is 14.2 Å². The van der Waals surface area contributed by atoms with Crippen molar-refractivity contribution in [3.63, 3.8) is 0 Å². The highest BCUT2D eigenvalue weighted by Crippen LogP contribution is 2.34. The fraction of sp³-hybridized carbons (Fsp3) is 0.278. The van der Waals surface area contributed by atoms with Crippen LogP contribution in [-0.4, -0.2) is 21.8 Å². The van der Waals surface area contributed by atoms with Gasteiger partial charge in [0.25, 0.3) is 5.91 Å². The molecule has 1 aliphatic rings. The smallest absolute Gasteiger partial charge is 0.325 e. The highest BCUT2D eigenvalue weighted by atomic mass is 32.1. The van der Waals surface area contributed by atoms with Crippen molar-refractivity contribution in [1.82, 2.24) is 15.2 Å². The molecule has 1 unspecified atom stereocenters. The number of hydrogen-bond donors (Lipinski definition) is 1. The third kappa shape index (κ3) is 2.53. The van der Waals surface area contributed by atoms with Crippen molar-refractivity contribution in [2.45, 2.75) is 32.9 Å². The van der Waals surface area contributed by atoms with Crippen molar-refractivity contribution < 1.29 is 18.4 Å². The number of nitrogens with zero attached hydrogens (tertiary/aromatic N) is 2. The number of aromatic nitrogens is 1. The maximum absolute atomic E-state index is 13.0. The highest BCUT2D eigenvalue weighted by Gasteiger charge is 2.50. The zero-order valence-corrected chi connectivity index (χ0v) is 15.3. The predicted molar refractivity (Wildman–Crippen MR) is 94.4 cm³/mol. The quantitative estimate of drug-likeness (QED) is 0.708. The van der Waals surface area contributed by atoms with Crippen molar-refractivity contribution in [1.29, 1.82) is 0 Å². The largest absolute Gasteiger partial charge is 0.466 e. The van der Waals surface area contributed by atoms with E-state index in [1.165, 1.54) is 16.2 Å². The van der Waals surface area contributed by atoms with Crippen LogP contribution >= 0.6 is 11.3 Å². The van der Waals surface area contributed by atoms with Crippen LogP contribution in [-0.2, 0) is 16.9 Å². The highest BCUT2D eigenvalue weighted by molar-refractivity contribution is 7.13. The monoisotopic (exact) mass is 371 g/mol. The van der Waals surface area contributed by atoms with Crippen LogP contribution in [0.5, 0.6) is 0 Å². The number of aryl methyl sites for hydroxylation is 2. The standard InChI is InChI=1S/C18H17N3O4S/c1-10-7-13(11(2)25-10)18(3)16(22)21(17(23)20-18)8-12-9-26-15(19-12)14-5-4-6-24-14/h4-7,9H,8H2,1-3H3,(H,20,23). The van der Waals surface area contributed by atoms with E-state index in [1.54, 1.807) is 32.2 Å². The van der Waals surface area contributed by atoms with Gasteiger partial charge in [-0.3, -0.25) is 9.69 Å². The first kappa shape index (κ1) is 16.6. The number of urea groups is 1. The normalized spacial score (nSPS) is 20.0. The van der Waals surface area contributed by atoms with Crippen molar-refractivity contribution in [3.8, 4) is 10.8 Å². The molecule has 0 spiro atoms. The number of thiazole rings is 1. The Kier molecular flexibility index (Phi) is 3.73. The Morgan fingerprint density at radius 1 is 1.35 bits per heavy atom. The fourth-order valence-electron chi connectivity index (χ4n) is 3.21. The van der Waals surface area contributed by atoms with Crippen molar-refractivity contribution in [3.05, 3.63) is 52.6 Å². The Labute approximate surface area is 153 Å². The molecule has 0 saturated carbocycles. The van der Waals surface area contributed by atoms with Crippen LogP contribution in [0.25, 0.3) is 10.8 Å². The number of nitrogens with one attached hydrogen (secondary N) is 1. The lowest BCUT2D eigenvalue weighted by molar-refractivity contribution is -0.131. The van der Waals surface area contributed by atoms with Crippen molar-refractivity contribution >= 4 is 23.3 Å². The maximum Gasteiger partial charge on any atom is 0.325 e. The molecule has 1 fully saturated rings. The van der Waals surface area contributed by atoms with Gasteiger partial charge in [-0.2, -0.15) is 0 Å². The van der Waals surface area contributed by atoms with Crippen LogP contribution in [0.15, 0.2) is 38.7 Å². The van der Waals surface area contributed by atoms with E-state index in [4.69, 9.17) is 8.83 Å². The lowest BCUT2D eigenvalue weighted by Gasteiger charge is -2.21. The molecule has 0 bridgehead atoms. The second-order valence-corrected chi connectivity index (χ2v) is 7.25. The van der Waals surface area contributed by atoms with E-state index >= 15 is 0 Å². The molecule has 26 heavy (non-hydrogen) atoms. The summed E-state index contributed by atoms with van der Waals surface area (Å²) < 4.78 is 10.9. The molecule has 0 aromatic carbocycles. The van der Waals surface area contributed by atoms with E-state index < -0.39 is 11.6 Å². The van der Waals surface area contributed by atoms with Gasteiger partial charge in [-0.1, -0.05) is 0 Å². The molecule has 4 heterocycles. The number of hydrogen-bond acceptors (Lipinski definition) is 6. The molecule has 1 aliphatic heterocycles. The minimum absolute atomic E-state index is 0.105. The summed E-state index contributed by atoms with van der Waals surface area (Å²) in [5.74, 6) is 1.66. The van der Waals surface area contributed by atoms with Gasteiger partial charge in [-0.15, -0.1) is 11.3 Å². The van der Waals surface area contributed by atoms with Crippen LogP contribution in [0, 0.1) is 13.8 Å². The van der Waals surface area contributed by atoms with Gasteiger partial charge in [0, 0.05) is 10.9 Å². The second-order valence-electron chi connectivity index (χ2n) is 6.39. The molecule has 8 heteroatoms. The number of rotatable bonds is 4. The molecule has 7 nitrogen and oxygen atoms in total. The average Bonchev–Trinajstić information content (AvgIpc) is 3.34. The van der Waals surface area contributed by atoms with Crippen molar-refractivity contribution in [2.75, 3.05) is 0 Å². The summed E-state index contributed by atoms with van der Waals surface area (Å²) in [5, 5.41) is 5.32. The van der Waals surface area contributed by atoms with Crippen LogP contribution in [0.2, 0.25) is 0 Å². The van der Waals surface area contributed by atoms with E-state index in [0.29, 0.717) is 33.5 Å². The molecule has 3 aromatic rings. The van der Waals surface area contributed by atoms with Crippen LogP contribution in [0.3, 0.4) is 0 Å². The summed E-state index contributed by atoms with van der Waals surface area (Å²) in [7, 11) is 0. The Balaban J connectivity index is 1.59. The zero-order valence-electron chi connectivity index (χ0n) is 14.5. The molecule has 1 atom stereocenters. The molecule has 3 amide bonds. The van der Waals surface area contributed by atoms with E-state index in [9.17, 15) is 9.59 Å². The first-order valence-electron chi connectivity index (χ1n) is 8.08. The van der Waals surface area contributed by atoms with E-state index in [2.05, 4.69) is 10.3 Å². The molecule has 3 aromatic heterocycles. The predicted octanol–water partition coefficient (Wildman–Crippen LogP) is 3.58. The fourth-order valence-corrected chi connectivity index (χ4v) is 3.98.